The summed E-state index contributed by atoms with van der Waals surface area (Å²) >= 11 is 0. The predicted octanol–water partition coefficient (Wildman–Crippen LogP) is 10.4. The van der Waals surface area contributed by atoms with Gasteiger partial charge in [-0.15, -0.1) is 0 Å². The number of aliphatic carboxylic acids is 1. The van der Waals surface area contributed by atoms with E-state index in [0.29, 0.717) is 42.2 Å². The molecule has 5 aliphatic heterocycles. The first-order valence-corrected chi connectivity index (χ1v) is 47.2. The average Bonchev–Trinajstić information content (AvgIpc) is 0.803. The molecule has 43 nitrogen and oxygen atoms in total. The summed E-state index contributed by atoms with van der Waals surface area (Å²) < 4.78 is 131. The first-order chi connectivity index (χ1) is 69.7. The summed E-state index contributed by atoms with van der Waals surface area (Å²) in [5, 5.41) is 35.5. The van der Waals surface area contributed by atoms with Gasteiger partial charge in [0.05, 0.1) is 38.5 Å². The largest absolute Gasteiger partial charge is 0.481 e. The Morgan fingerprint density at radius 3 is 1.13 bits per heavy atom. The van der Waals surface area contributed by atoms with E-state index in [2.05, 4.69) is 82.5 Å². The molecular formula is C100H143F6N11O32. The number of esters is 7. The molecule has 0 bridgehead atoms. The number of piperidine rings is 5. The van der Waals surface area contributed by atoms with Crippen molar-refractivity contribution in [2.45, 2.75) is 288 Å². The summed E-state index contributed by atoms with van der Waals surface area (Å²) in [6.07, 6.45) is -1.33. The number of carbonyl (C=O) groups excluding carboxylic acids is 15. The maximum Gasteiger partial charge on any atom is 0.471 e. The molecule has 0 aliphatic carbocycles. The zero-order valence-electron chi connectivity index (χ0n) is 86.1. The summed E-state index contributed by atoms with van der Waals surface area (Å²) in [6, 6.07) is 12.4. The minimum absolute atomic E-state index is 0.0138. The van der Waals surface area contributed by atoms with Crippen molar-refractivity contribution < 1.29 is 185 Å². The van der Waals surface area contributed by atoms with E-state index in [9.17, 15) is 113 Å². The number of ether oxygens (including phenoxy) is 11. The van der Waals surface area contributed by atoms with Crippen molar-refractivity contribution in [2.75, 3.05) is 79.0 Å². The number of amides is 6. The number of rotatable bonds is 38. The van der Waals surface area contributed by atoms with Crippen molar-refractivity contribution in [3.8, 4) is 0 Å². The van der Waals surface area contributed by atoms with Crippen LogP contribution in [0, 0.1) is 0 Å². The molecule has 5 saturated heterocycles. The number of hydrogen-bond donors (Lipinski definition) is 8. The highest BCUT2D eigenvalue weighted by molar-refractivity contribution is 6.25. The number of nitrogens with zero attached hydrogens (tertiary/aromatic N) is 6. The number of carboxylic acid groups (broad SMARTS) is 1. The molecule has 0 unspecified atom stereocenters. The number of carbonyl (C=O) groups is 16. The topological polar surface area (TPSA) is 563 Å². The third kappa shape index (κ3) is 58.1. The van der Waals surface area contributed by atoms with Gasteiger partial charge in [0.15, 0.2) is 5.78 Å². The van der Waals surface area contributed by atoms with E-state index in [1.165, 1.54) is 41.4 Å². The minimum Gasteiger partial charge on any atom is -0.481 e. The Labute approximate surface area is 861 Å². The van der Waals surface area contributed by atoms with Crippen LogP contribution in [0.4, 0.5) is 45.5 Å². The maximum absolute atomic E-state index is 12.9. The van der Waals surface area contributed by atoms with Crippen LogP contribution in [0.1, 0.15) is 184 Å². The molecule has 5 fully saturated rings. The number of halogens is 6. The molecule has 0 aromatic heterocycles. The molecule has 832 valence electrons. The molecule has 0 radical (unpaired) electrons. The molecule has 8 N–H and O–H groups in total. The van der Waals surface area contributed by atoms with Crippen LogP contribution in [0.5, 0.6) is 0 Å². The number of nitrogens with one attached hydrogen (secondary N) is 5. The minimum atomic E-state index is -5.09. The number of β-amino-alcohol motifs (C(OH)–C–C–N with tert-alkyl or cyclic N) is 2. The molecule has 7 rings (SSSR count). The number of hydrogen-bond acceptors (Lipinski definition) is 34. The van der Waals surface area contributed by atoms with Gasteiger partial charge < -0.3 is 98.7 Å². The third-order valence-corrected chi connectivity index (χ3v) is 19.7. The van der Waals surface area contributed by atoms with Crippen LogP contribution in [-0.2, 0) is 133 Å². The van der Waals surface area contributed by atoms with Crippen molar-refractivity contribution in [3.63, 3.8) is 0 Å². The van der Waals surface area contributed by atoms with E-state index >= 15 is 0 Å². The molecule has 6 amide bonds. The first-order valence-electron chi connectivity index (χ1n) is 47.2. The molecule has 5 heterocycles. The Bertz CT molecular complexity index is 4720. The Kier molecular flexibility index (Phi) is 61.7. The average molecular weight is 2130 g/mol. The predicted molar refractivity (Wildman–Crippen MR) is 523 cm³/mol. The van der Waals surface area contributed by atoms with Crippen molar-refractivity contribution in [2.24, 2.45) is 0 Å². The zero-order valence-corrected chi connectivity index (χ0v) is 86.1. The fourth-order valence-electron chi connectivity index (χ4n) is 13.1. The molecule has 2 aromatic rings. The Morgan fingerprint density at radius 1 is 0.436 bits per heavy atom. The number of Topliss-reactive ketones (excluding diaryl/α,β-unsaturated/α-hetero) is 2. The highest BCUT2D eigenvalue weighted by atomic mass is 19.4. The number of ketones is 2. The van der Waals surface area contributed by atoms with Crippen molar-refractivity contribution in [3.05, 3.63) is 166 Å². The second-order valence-corrected chi connectivity index (χ2v) is 37.1. The van der Waals surface area contributed by atoms with Crippen molar-refractivity contribution in [1.29, 1.82) is 0 Å². The zero-order chi connectivity index (χ0) is 113. The lowest BCUT2D eigenvalue weighted by atomic mass is 9.98. The van der Waals surface area contributed by atoms with Crippen LogP contribution in [-0.4, -0.2) is 322 Å². The number of alkyl halides is 6. The molecule has 5 aliphatic rings. The molecule has 11 atom stereocenters. The second kappa shape index (κ2) is 68.9. The van der Waals surface area contributed by atoms with Crippen LogP contribution < -0.4 is 26.9 Å². The van der Waals surface area contributed by atoms with Crippen LogP contribution in [0.25, 0.3) is 5.53 Å². The normalized spacial score (nSPS) is 18.8. The van der Waals surface area contributed by atoms with Gasteiger partial charge in [-0.1, -0.05) is 149 Å². The number of hydroxylamine groups is 2. The van der Waals surface area contributed by atoms with Crippen molar-refractivity contribution >= 4 is 102 Å². The fraction of sp³-hybridized carbons (Fsp3) is 0.570. The smallest absolute Gasteiger partial charge is 0.471 e. The number of benzene rings is 2. The van der Waals surface area contributed by atoms with E-state index in [4.69, 9.17) is 67.7 Å². The molecule has 49 heteroatoms. The molecule has 149 heavy (non-hydrogen) atoms. The van der Waals surface area contributed by atoms with E-state index in [0.717, 1.165) is 35.1 Å². The van der Waals surface area contributed by atoms with Gasteiger partial charge in [0.25, 0.3) is 0 Å². The van der Waals surface area contributed by atoms with Gasteiger partial charge in [-0.2, -0.15) is 42.1 Å². The molecular weight excluding hydrogens is 1980 g/mol. The lowest BCUT2D eigenvalue weighted by molar-refractivity contribution is -0.194. The Balaban J connectivity index is 0.000000872. The van der Waals surface area contributed by atoms with Crippen LogP contribution in [0.3, 0.4) is 0 Å². The van der Waals surface area contributed by atoms with Gasteiger partial charge in [0, 0.05) is 51.0 Å². The highest BCUT2D eigenvalue weighted by Gasteiger charge is 2.51. The lowest BCUT2D eigenvalue weighted by Crippen LogP contribution is -2.58. The molecule has 0 saturated carbocycles. The van der Waals surface area contributed by atoms with Crippen LogP contribution >= 0.6 is 0 Å². The van der Waals surface area contributed by atoms with Gasteiger partial charge in [-0.25, -0.2) is 47.9 Å². The fourth-order valence-corrected chi connectivity index (χ4v) is 13.1. The highest BCUT2D eigenvalue weighted by Crippen LogP contribution is 2.30. The quantitative estimate of drug-likeness (QED) is 0.00452. The first kappa shape index (κ1) is 133. The van der Waals surface area contributed by atoms with E-state index in [1.54, 1.807) is 89.2 Å². The number of aliphatic hydroxyl groups is 2. The van der Waals surface area contributed by atoms with Gasteiger partial charge in [-0.05, 0) is 165 Å². The standard InChI is InChI=1S/C18H21F3N2O4.C16H22N2O3.C14H21N3O5.C14H23NO5.C14H21NO5.C13H21NO6.C11H14F3NO4/c1-2-10-26-16(24)15-9-8-14(11-23(15)17(25)18(19,20)21)22-27-12-13-6-4-3-5-7-13;1-2-10-20-16(19)15-9-8-14(11-17-15)18-21-12-13-6-4-3-5-7-13;1-5-8-21-12(19)11(7-6-10(18)9-16-15)17-13(20)22-14(2,3)4;2*1-5-8-19-12(17)11-7-6-10(16)9-15(11)13(18)20-14(2,3)4;1-5-8-19-11(17)9(6-7-10(15)16)14-12(18)20-13(2,3)4;1-2-5-19-9(17)8-4-3-7(16)6-15(8)10(18)11(12,13)14/h2-7,14-15,22H,1,8-12H2;2-7,14-15,17-18H,1,8-12H2;5,9,11H,1,6-8H2,2-4H3,(H,17,20);5,10-11,16H,1,6-9H2,2-4H3;5,11H,1,6-9H2,2-4H3;5,9H,1,6-8H2,2-4H3,(H,14,18)(H,15,16);2,7-8,16H,1,3-6H2/t2*14-,15+;11-;10-,11-;11-;9-;7-,8-/m1100000/s1. The number of carboxylic acids is 1. The Hall–Kier alpha value is -13.6. The summed E-state index contributed by atoms with van der Waals surface area (Å²) in [5.74, 6) is -10.4. The summed E-state index contributed by atoms with van der Waals surface area (Å²) in [5.41, 5.74) is 13.2. The monoisotopic (exact) mass is 2120 g/mol. The van der Waals surface area contributed by atoms with Gasteiger partial charge in [0.2, 0.25) is 5.78 Å². The van der Waals surface area contributed by atoms with Gasteiger partial charge in [0.1, 0.15) is 111 Å². The summed E-state index contributed by atoms with van der Waals surface area (Å²) in [6.45, 7) is 45.1. The van der Waals surface area contributed by atoms with E-state index in [1.807, 2.05) is 60.7 Å². The van der Waals surface area contributed by atoms with Gasteiger partial charge in [-0.3, -0.25) is 48.2 Å². The van der Waals surface area contributed by atoms with E-state index < -0.39 is 180 Å². The lowest BCUT2D eigenvalue weighted by Gasteiger charge is -2.38. The SMILES string of the molecule is C=CCOC(=O)[C@@H]1CCC(=O)CN1C(=O)OC(C)(C)C.C=CCOC(=O)[C@@H]1CC[C@@H](NOCc2ccccc2)CN1.C=CCOC(=O)[C@@H]1CC[C@@H](NOCc2ccccc2)CN1C(=O)C(F)(F)F.C=CCOC(=O)[C@@H]1CC[C@H](O)CN1C(=O)C(F)(F)F.C=CCOC(=O)[C@@H]1CC[C@H](O)CN1C(=O)OC(C)(C)C.C=CCOC(=O)[C@H](CCC(=O)C=[N+]=[N-])NC(=O)OC(C)(C)C.C=CCOC(=O)[C@H](CCC(=O)O)NC(=O)OC(C)(C)C. The van der Waals surface area contributed by atoms with Crippen molar-refractivity contribution in [1.82, 2.24) is 46.5 Å². The van der Waals surface area contributed by atoms with E-state index in [-0.39, 0.29) is 154 Å². The summed E-state index contributed by atoms with van der Waals surface area (Å²) in [7, 11) is 0. The number of aliphatic hydroxyl groups excluding tert-OH is 2. The molecule has 0 spiro atoms. The summed E-state index contributed by atoms with van der Waals surface area (Å²) in [4.78, 5) is 203. The number of alkyl carbamates (subject to hydrolysis) is 2. The van der Waals surface area contributed by atoms with Crippen LogP contribution in [0.15, 0.2) is 149 Å². The molecule has 2 aromatic carbocycles. The second-order valence-electron chi connectivity index (χ2n) is 37.1. The van der Waals surface area contributed by atoms with Crippen LogP contribution in [0.2, 0.25) is 0 Å². The van der Waals surface area contributed by atoms with Gasteiger partial charge >= 0.3 is 103 Å². The number of likely N-dealkylation sites (tertiary alicyclic amines) is 4. The third-order valence-electron chi connectivity index (χ3n) is 19.7. The Morgan fingerprint density at radius 2 is 0.772 bits per heavy atom. The maximum atomic E-state index is 12.9.